The molecule has 0 aromatic heterocycles. The van der Waals surface area contributed by atoms with Crippen LogP contribution < -0.4 is 0 Å². The first kappa shape index (κ1) is 29.3. The number of aliphatic hydroxyl groups is 1. The molecule has 0 spiro atoms. The number of halogens is 2. The predicted octanol–water partition coefficient (Wildman–Crippen LogP) is 4.45. The Balaban J connectivity index is 0.950. The van der Waals surface area contributed by atoms with Crippen LogP contribution in [0.5, 0.6) is 0 Å². The molecule has 8 saturated carbocycles. The van der Waals surface area contributed by atoms with Crippen molar-refractivity contribution in [3.63, 3.8) is 0 Å². The first-order chi connectivity index (χ1) is 19.4. The summed E-state index contributed by atoms with van der Waals surface area (Å²) in [5, 5.41) is 10.4. The van der Waals surface area contributed by atoms with E-state index < -0.39 is 47.1 Å². The summed E-state index contributed by atoms with van der Waals surface area (Å²) in [6.45, 7) is 1.96. The fourth-order valence-electron chi connectivity index (χ4n) is 10.3. The second-order valence-electron chi connectivity index (χ2n) is 14.4. The van der Waals surface area contributed by atoms with E-state index in [0.29, 0.717) is 38.0 Å². The van der Waals surface area contributed by atoms with Crippen molar-refractivity contribution in [3.8, 4) is 0 Å². The van der Waals surface area contributed by atoms with Crippen molar-refractivity contribution in [2.45, 2.75) is 108 Å². The third-order valence-corrected chi connectivity index (χ3v) is 11.5. The van der Waals surface area contributed by atoms with Crippen LogP contribution in [0.4, 0.5) is 8.78 Å². The summed E-state index contributed by atoms with van der Waals surface area (Å²) in [6.07, 6.45) is 8.00. The maximum atomic E-state index is 13.4. The molecule has 41 heavy (non-hydrogen) atoms. The highest BCUT2D eigenvalue weighted by molar-refractivity contribution is 5.78. The van der Waals surface area contributed by atoms with E-state index in [2.05, 4.69) is 6.92 Å². The zero-order chi connectivity index (χ0) is 29.2. The lowest BCUT2D eigenvalue weighted by atomic mass is 9.48. The molecule has 3 atom stereocenters. The molecule has 230 valence electrons. The van der Waals surface area contributed by atoms with Crippen molar-refractivity contribution in [2.75, 3.05) is 19.8 Å². The SMILES string of the molecule is CCC1(OC(=O)COCC(O)COC(=O)C23CC4CC(C2)C(OC(=O)C(C)(F)F)C(C4)C3)C2CC3CC(C2)CC1C3. The molecule has 1 N–H and O–H groups in total. The Morgan fingerprint density at radius 1 is 0.902 bits per heavy atom. The highest BCUT2D eigenvalue weighted by Crippen LogP contribution is 2.62. The Kier molecular flexibility index (Phi) is 7.65. The van der Waals surface area contributed by atoms with Gasteiger partial charge in [0.1, 0.15) is 31.0 Å². The Bertz CT molecular complexity index is 996. The van der Waals surface area contributed by atoms with Gasteiger partial charge in [0.15, 0.2) is 0 Å². The van der Waals surface area contributed by atoms with Gasteiger partial charge in [-0.05, 0) is 112 Å². The molecule has 10 heteroatoms. The molecule has 8 fully saturated rings. The molecule has 0 saturated heterocycles. The van der Waals surface area contributed by atoms with Gasteiger partial charge in [-0.15, -0.1) is 0 Å². The zero-order valence-electron chi connectivity index (χ0n) is 24.2. The molecule has 8 nitrogen and oxygen atoms in total. The minimum atomic E-state index is -3.55. The molecular formula is C31H44F2O8. The molecule has 0 aromatic carbocycles. The highest BCUT2D eigenvalue weighted by atomic mass is 19.3. The molecule has 8 bridgehead atoms. The average molecular weight is 583 g/mol. The van der Waals surface area contributed by atoms with Gasteiger partial charge in [-0.1, -0.05) is 6.92 Å². The molecule has 8 aliphatic rings. The van der Waals surface area contributed by atoms with Crippen LogP contribution in [0, 0.1) is 46.8 Å². The Morgan fingerprint density at radius 2 is 1.51 bits per heavy atom. The van der Waals surface area contributed by atoms with Crippen LogP contribution in [0.3, 0.4) is 0 Å². The van der Waals surface area contributed by atoms with E-state index in [9.17, 15) is 28.3 Å². The van der Waals surface area contributed by atoms with Crippen molar-refractivity contribution in [1.29, 1.82) is 0 Å². The second kappa shape index (κ2) is 10.7. The third-order valence-electron chi connectivity index (χ3n) is 11.5. The van der Waals surface area contributed by atoms with Crippen LogP contribution in [0.15, 0.2) is 0 Å². The van der Waals surface area contributed by atoms with Crippen LogP contribution in [-0.4, -0.2) is 66.6 Å². The van der Waals surface area contributed by atoms with Crippen LogP contribution in [0.2, 0.25) is 0 Å². The van der Waals surface area contributed by atoms with E-state index in [1.165, 1.54) is 6.42 Å². The van der Waals surface area contributed by atoms with Gasteiger partial charge in [0.05, 0.1) is 12.0 Å². The number of hydrogen-bond donors (Lipinski definition) is 1. The minimum Gasteiger partial charge on any atom is -0.462 e. The summed E-state index contributed by atoms with van der Waals surface area (Å²) < 4.78 is 49.2. The van der Waals surface area contributed by atoms with Gasteiger partial charge in [-0.25, -0.2) is 9.59 Å². The van der Waals surface area contributed by atoms with Crippen molar-refractivity contribution < 1.29 is 47.2 Å². The lowest BCUT2D eigenvalue weighted by Crippen LogP contribution is -2.59. The molecular weight excluding hydrogens is 538 g/mol. The lowest BCUT2D eigenvalue weighted by Gasteiger charge is -2.60. The molecule has 0 aromatic rings. The predicted molar refractivity (Wildman–Crippen MR) is 140 cm³/mol. The number of rotatable bonds is 11. The van der Waals surface area contributed by atoms with E-state index >= 15 is 0 Å². The van der Waals surface area contributed by atoms with Crippen molar-refractivity contribution in [2.24, 2.45) is 46.8 Å². The monoisotopic (exact) mass is 582 g/mol. The van der Waals surface area contributed by atoms with Gasteiger partial charge in [0.2, 0.25) is 0 Å². The first-order valence-corrected chi connectivity index (χ1v) is 15.6. The van der Waals surface area contributed by atoms with Gasteiger partial charge in [0, 0.05) is 6.92 Å². The summed E-state index contributed by atoms with van der Waals surface area (Å²) in [6, 6.07) is 0. The van der Waals surface area contributed by atoms with Gasteiger partial charge in [0.25, 0.3) is 0 Å². The molecule has 0 amide bonds. The summed E-state index contributed by atoms with van der Waals surface area (Å²) in [4.78, 5) is 37.8. The summed E-state index contributed by atoms with van der Waals surface area (Å²) >= 11 is 0. The molecule has 8 aliphatic carbocycles. The van der Waals surface area contributed by atoms with Gasteiger partial charge in [-0.3, -0.25) is 4.79 Å². The van der Waals surface area contributed by atoms with Crippen LogP contribution in [0.1, 0.15) is 84.5 Å². The number of alkyl halides is 2. The average Bonchev–Trinajstić information content (AvgIpc) is 2.90. The van der Waals surface area contributed by atoms with Gasteiger partial charge < -0.3 is 24.1 Å². The van der Waals surface area contributed by atoms with E-state index in [1.807, 2.05) is 0 Å². The highest BCUT2D eigenvalue weighted by Gasteiger charge is 2.61. The van der Waals surface area contributed by atoms with E-state index in [4.69, 9.17) is 18.9 Å². The first-order valence-electron chi connectivity index (χ1n) is 15.6. The smallest absolute Gasteiger partial charge is 0.376 e. The van der Waals surface area contributed by atoms with Gasteiger partial charge >= 0.3 is 23.8 Å². The van der Waals surface area contributed by atoms with Crippen molar-refractivity contribution >= 4 is 17.9 Å². The normalized spacial score (nSPS) is 42.7. The zero-order valence-corrected chi connectivity index (χ0v) is 24.2. The third kappa shape index (κ3) is 5.41. The van der Waals surface area contributed by atoms with Crippen molar-refractivity contribution in [3.05, 3.63) is 0 Å². The fourth-order valence-corrected chi connectivity index (χ4v) is 10.3. The standard InChI is InChI=1S/C31H44F2O8/c1-3-31(22-7-17-4-18(9-22)10-23(31)8-17)41-25(35)16-38-14-24(34)15-39-28(37)30-11-19-5-20(12-30)26(21(6-19)13-30)40-27(36)29(2,32)33/h17-24,26,34H,3-16H2,1-2H3. The minimum absolute atomic E-state index is 0.153. The van der Waals surface area contributed by atoms with E-state index in [1.54, 1.807) is 0 Å². The Hall–Kier alpha value is -1.81. The van der Waals surface area contributed by atoms with Crippen LogP contribution in [-0.2, 0) is 33.3 Å². The number of carbonyl (C=O) groups is 3. The largest absolute Gasteiger partial charge is 0.462 e. The van der Waals surface area contributed by atoms with Crippen LogP contribution >= 0.6 is 0 Å². The summed E-state index contributed by atoms with van der Waals surface area (Å²) in [5.74, 6) is -3.52. The van der Waals surface area contributed by atoms with E-state index in [0.717, 1.165) is 56.8 Å². The van der Waals surface area contributed by atoms with E-state index in [-0.39, 0.29) is 37.6 Å². The number of carbonyl (C=O) groups excluding carboxylic acids is 3. The summed E-state index contributed by atoms with van der Waals surface area (Å²) in [5.41, 5.74) is -1.14. The number of aliphatic hydroxyl groups excluding tert-OH is 1. The second-order valence-corrected chi connectivity index (χ2v) is 14.4. The summed E-state index contributed by atoms with van der Waals surface area (Å²) in [7, 11) is 0. The lowest BCUT2D eigenvalue weighted by molar-refractivity contribution is -0.215. The molecule has 8 rings (SSSR count). The maximum absolute atomic E-state index is 13.4. The fraction of sp³-hybridized carbons (Fsp3) is 0.903. The topological polar surface area (TPSA) is 108 Å². The molecule has 0 radical (unpaired) electrons. The maximum Gasteiger partial charge on any atom is 0.376 e. The Labute approximate surface area is 240 Å². The number of ether oxygens (including phenoxy) is 4. The number of esters is 3. The Morgan fingerprint density at radius 3 is 2.07 bits per heavy atom. The van der Waals surface area contributed by atoms with Crippen LogP contribution in [0.25, 0.3) is 0 Å². The number of hydrogen-bond acceptors (Lipinski definition) is 8. The van der Waals surface area contributed by atoms with Gasteiger partial charge in [-0.2, -0.15) is 8.78 Å². The molecule has 3 unspecified atom stereocenters. The molecule has 0 heterocycles. The quantitative estimate of drug-likeness (QED) is 0.281. The van der Waals surface area contributed by atoms with Crippen molar-refractivity contribution in [1.82, 2.24) is 0 Å². The molecule has 0 aliphatic heterocycles.